The van der Waals surface area contributed by atoms with Gasteiger partial charge in [-0.2, -0.15) is 0 Å². The molecule has 30 heavy (non-hydrogen) atoms. The van der Waals surface area contributed by atoms with Crippen LogP contribution in [-0.4, -0.2) is 7.11 Å². The van der Waals surface area contributed by atoms with E-state index in [9.17, 15) is 8.78 Å². The number of methoxy groups -OCH3 is 1. The Labute approximate surface area is 173 Å². The second kappa shape index (κ2) is 7.27. The predicted molar refractivity (Wildman–Crippen MR) is 119 cm³/mol. The standard InChI is InChI=1S/C27H18F2O/c1-30-19-13-10-17(11-14-19)26-20-6-2-4-8-22(20)27(23-9-5-3-7-21(23)26)18-12-15-24(28)25(29)16-18/h2-16H,1H3. The number of fused-ring (bicyclic) bond motifs is 2. The fraction of sp³-hybridized carbons (Fsp3) is 0.0370. The number of benzene rings is 5. The van der Waals surface area contributed by atoms with E-state index in [1.54, 1.807) is 13.2 Å². The van der Waals surface area contributed by atoms with E-state index in [1.165, 1.54) is 12.1 Å². The van der Waals surface area contributed by atoms with Crippen molar-refractivity contribution < 1.29 is 13.5 Å². The summed E-state index contributed by atoms with van der Waals surface area (Å²) < 4.78 is 33.0. The highest BCUT2D eigenvalue weighted by Crippen LogP contribution is 2.43. The molecule has 0 bridgehead atoms. The van der Waals surface area contributed by atoms with Crippen molar-refractivity contribution in [3.05, 3.63) is 103 Å². The number of ether oxygens (including phenoxy) is 1. The van der Waals surface area contributed by atoms with E-state index < -0.39 is 11.6 Å². The normalized spacial score (nSPS) is 11.2. The Morgan fingerprint density at radius 2 is 1.00 bits per heavy atom. The van der Waals surface area contributed by atoms with Crippen LogP contribution >= 0.6 is 0 Å². The van der Waals surface area contributed by atoms with Gasteiger partial charge >= 0.3 is 0 Å². The first kappa shape index (κ1) is 18.3. The van der Waals surface area contributed by atoms with Gasteiger partial charge in [-0.1, -0.05) is 66.7 Å². The minimum atomic E-state index is -0.847. The van der Waals surface area contributed by atoms with E-state index in [2.05, 4.69) is 12.1 Å². The van der Waals surface area contributed by atoms with Gasteiger partial charge in [0.2, 0.25) is 0 Å². The highest BCUT2D eigenvalue weighted by Gasteiger charge is 2.17. The molecule has 5 rings (SSSR count). The Hall–Kier alpha value is -3.72. The van der Waals surface area contributed by atoms with Crippen LogP contribution in [0.1, 0.15) is 0 Å². The lowest BCUT2D eigenvalue weighted by Crippen LogP contribution is -1.92. The number of halogens is 2. The first-order chi connectivity index (χ1) is 14.7. The molecule has 0 aliphatic carbocycles. The lowest BCUT2D eigenvalue weighted by atomic mass is 9.86. The van der Waals surface area contributed by atoms with Crippen LogP contribution in [-0.2, 0) is 0 Å². The molecule has 0 amide bonds. The Balaban J connectivity index is 1.92. The molecule has 3 heteroatoms. The molecule has 0 aromatic heterocycles. The van der Waals surface area contributed by atoms with Crippen molar-refractivity contribution in [2.24, 2.45) is 0 Å². The molecule has 0 saturated carbocycles. The zero-order chi connectivity index (χ0) is 20.7. The third-order valence-corrected chi connectivity index (χ3v) is 5.52. The van der Waals surface area contributed by atoms with E-state index in [0.717, 1.165) is 44.0 Å². The molecule has 0 N–H and O–H groups in total. The summed E-state index contributed by atoms with van der Waals surface area (Å²) in [6.07, 6.45) is 0. The van der Waals surface area contributed by atoms with Crippen LogP contribution < -0.4 is 4.74 Å². The minimum Gasteiger partial charge on any atom is -0.497 e. The third-order valence-electron chi connectivity index (χ3n) is 5.52. The molecular weight excluding hydrogens is 378 g/mol. The first-order valence-electron chi connectivity index (χ1n) is 9.70. The van der Waals surface area contributed by atoms with Gasteiger partial charge in [-0.3, -0.25) is 0 Å². The van der Waals surface area contributed by atoms with E-state index in [-0.39, 0.29) is 0 Å². The molecule has 5 aromatic carbocycles. The number of hydrogen-bond donors (Lipinski definition) is 0. The zero-order valence-corrected chi connectivity index (χ0v) is 16.3. The Morgan fingerprint density at radius 3 is 1.47 bits per heavy atom. The molecule has 0 radical (unpaired) electrons. The average Bonchev–Trinajstić information content (AvgIpc) is 2.79. The maximum absolute atomic E-state index is 14.1. The zero-order valence-electron chi connectivity index (χ0n) is 16.3. The van der Waals surface area contributed by atoms with Gasteiger partial charge in [-0.25, -0.2) is 8.78 Å². The summed E-state index contributed by atoms with van der Waals surface area (Å²) in [6.45, 7) is 0. The summed E-state index contributed by atoms with van der Waals surface area (Å²) in [5.41, 5.74) is 3.73. The van der Waals surface area contributed by atoms with Crippen LogP contribution in [0.15, 0.2) is 91.0 Å². The number of hydrogen-bond acceptors (Lipinski definition) is 1. The van der Waals surface area contributed by atoms with Crippen LogP contribution in [0, 0.1) is 11.6 Å². The molecule has 0 aliphatic heterocycles. The molecule has 5 aromatic rings. The fourth-order valence-electron chi connectivity index (χ4n) is 4.16. The molecule has 0 spiro atoms. The Bertz CT molecular complexity index is 1330. The molecule has 0 unspecified atom stereocenters. The SMILES string of the molecule is COc1ccc(-c2c3ccccc3c(-c3ccc(F)c(F)c3)c3ccccc23)cc1. The number of rotatable bonds is 3. The maximum atomic E-state index is 14.1. The van der Waals surface area contributed by atoms with Crippen molar-refractivity contribution in [3.8, 4) is 28.0 Å². The van der Waals surface area contributed by atoms with Gasteiger partial charge in [0.1, 0.15) is 5.75 Å². The van der Waals surface area contributed by atoms with Gasteiger partial charge in [0.25, 0.3) is 0 Å². The quantitative estimate of drug-likeness (QED) is 0.285. The largest absolute Gasteiger partial charge is 0.497 e. The molecule has 0 heterocycles. The highest BCUT2D eigenvalue weighted by molar-refractivity contribution is 6.21. The van der Waals surface area contributed by atoms with Gasteiger partial charge in [0.15, 0.2) is 11.6 Å². The summed E-state index contributed by atoms with van der Waals surface area (Å²) in [7, 11) is 1.65. The lowest BCUT2D eigenvalue weighted by Gasteiger charge is -2.18. The van der Waals surface area contributed by atoms with Crippen molar-refractivity contribution in [2.45, 2.75) is 0 Å². The first-order valence-corrected chi connectivity index (χ1v) is 9.70. The second-order valence-electron chi connectivity index (χ2n) is 7.20. The van der Waals surface area contributed by atoms with Crippen molar-refractivity contribution in [1.82, 2.24) is 0 Å². The highest BCUT2D eigenvalue weighted by atomic mass is 19.2. The minimum absolute atomic E-state index is 0.655. The molecule has 0 atom stereocenters. The molecule has 1 nitrogen and oxygen atoms in total. The summed E-state index contributed by atoms with van der Waals surface area (Å²) in [5, 5.41) is 4.10. The predicted octanol–water partition coefficient (Wildman–Crippen LogP) is 7.61. The van der Waals surface area contributed by atoms with Crippen LogP contribution in [0.3, 0.4) is 0 Å². The van der Waals surface area contributed by atoms with Crippen molar-refractivity contribution >= 4 is 21.5 Å². The Kier molecular flexibility index (Phi) is 4.44. The van der Waals surface area contributed by atoms with E-state index in [4.69, 9.17) is 4.74 Å². The summed E-state index contributed by atoms with van der Waals surface area (Å²) in [6, 6.07) is 28.2. The van der Waals surface area contributed by atoms with E-state index in [0.29, 0.717) is 5.56 Å². The molecule has 0 fully saturated rings. The van der Waals surface area contributed by atoms with Gasteiger partial charge in [-0.05, 0) is 68.1 Å². The van der Waals surface area contributed by atoms with Gasteiger partial charge in [-0.15, -0.1) is 0 Å². The van der Waals surface area contributed by atoms with Crippen molar-refractivity contribution in [1.29, 1.82) is 0 Å². The summed E-state index contributed by atoms with van der Waals surface area (Å²) in [4.78, 5) is 0. The van der Waals surface area contributed by atoms with Gasteiger partial charge in [0, 0.05) is 0 Å². The second-order valence-corrected chi connectivity index (χ2v) is 7.20. The van der Waals surface area contributed by atoms with E-state index in [1.807, 2.05) is 60.7 Å². The third kappa shape index (κ3) is 2.91. The van der Waals surface area contributed by atoms with Gasteiger partial charge < -0.3 is 4.74 Å². The molecule has 146 valence electrons. The smallest absolute Gasteiger partial charge is 0.159 e. The fourth-order valence-corrected chi connectivity index (χ4v) is 4.16. The summed E-state index contributed by atoms with van der Waals surface area (Å²) >= 11 is 0. The molecule has 0 saturated heterocycles. The topological polar surface area (TPSA) is 9.23 Å². The van der Waals surface area contributed by atoms with Crippen molar-refractivity contribution in [2.75, 3.05) is 7.11 Å². The molecule has 0 aliphatic rings. The van der Waals surface area contributed by atoms with Crippen LogP contribution in [0.2, 0.25) is 0 Å². The van der Waals surface area contributed by atoms with Gasteiger partial charge in [0.05, 0.1) is 7.11 Å². The average molecular weight is 396 g/mol. The van der Waals surface area contributed by atoms with Crippen molar-refractivity contribution in [3.63, 3.8) is 0 Å². The monoisotopic (exact) mass is 396 g/mol. The van der Waals surface area contributed by atoms with E-state index >= 15 is 0 Å². The van der Waals surface area contributed by atoms with Crippen LogP contribution in [0.4, 0.5) is 8.78 Å². The Morgan fingerprint density at radius 1 is 0.533 bits per heavy atom. The lowest BCUT2D eigenvalue weighted by molar-refractivity contribution is 0.415. The molecular formula is C27H18F2O. The van der Waals surface area contributed by atoms with Crippen LogP contribution in [0.25, 0.3) is 43.8 Å². The summed E-state index contributed by atoms with van der Waals surface area (Å²) in [5.74, 6) is -0.895. The maximum Gasteiger partial charge on any atom is 0.159 e. The van der Waals surface area contributed by atoms with Crippen LogP contribution in [0.5, 0.6) is 5.75 Å².